The van der Waals surface area contributed by atoms with Crippen LogP contribution in [0.2, 0.25) is 0 Å². The van der Waals surface area contributed by atoms with Gasteiger partial charge in [-0.25, -0.2) is 4.79 Å². The van der Waals surface area contributed by atoms with Crippen LogP contribution in [-0.2, 0) is 20.6 Å². The normalized spacial score (nSPS) is 17.5. The Morgan fingerprint density at radius 3 is 2.68 bits per heavy atom. The van der Waals surface area contributed by atoms with E-state index >= 15 is 0 Å². The zero-order valence-electron chi connectivity index (χ0n) is 14.8. The molecule has 2 aromatic heterocycles. The topological polar surface area (TPSA) is 88.8 Å². The Labute approximate surface area is 145 Å². The predicted octanol–water partition coefficient (Wildman–Crippen LogP) is 0.520. The number of rotatable bonds is 3. The third kappa shape index (κ3) is 2.97. The molecule has 8 nitrogen and oxygen atoms in total. The van der Waals surface area contributed by atoms with E-state index in [9.17, 15) is 14.9 Å². The largest absolute Gasteiger partial charge is 0.352 e. The monoisotopic (exact) mass is 342 g/mol. The third-order valence-corrected chi connectivity index (χ3v) is 4.80. The van der Waals surface area contributed by atoms with Gasteiger partial charge in [0.1, 0.15) is 11.9 Å². The lowest BCUT2D eigenvalue weighted by Crippen LogP contribution is -2.48. The number of hydrogen-bond donors (Lipinski definition) is 0. The maximum atomic E-state index is 12.4. The van der Waals surface area contributed by atoms with E-state index in [-0.39, 0.29) is 11.6 Å². The Balaban J connectivity index is 2.08. The molecule has 1 aliphatic rings. The number of aromatic nitrogens is 4. The molecule has 2 aromatic rings. The summed E-state index contributed by atoms with van der Waals surface area (Å²) in [4.78, 5) is 26.8. The van der Waals surface area contributed by atoms with Crippen molar-refractivity contribution in [1.82, 2.24) is 18.9 Å². The molecule has 0 radical (unpaired) electrons. The SMILES string of the molecule is Cc1cnn(C[C@@H]2CCCCN2c2c(C#N)c(=O)n(C)c(=O)n2C)c1. The third-order valence-electron chi connectivity index (χ3n) is 4.80. The van der Waals surface area contributed by atoms with Crippen LogP contribution in [0.15, 0.2) is 22.0 Å². The average Bonchev–Trinajstić information content (AvgIpc) is 3.02. The Kier molecular flexibility index (Phi) is 4.49. The molecule has 8 heteroatoms. The molecule has 0 unspecified atom stereocenters. The van der Waals surface area contributed by atoms with Crippen LogP contribution in [0.25, 0.3) is 0 Å². The number of anilines is 1. The molecular weight excluding hydrogens is 320 g/mol. The molecule has 1 atom stereocenters. The molecule has 0 aliphatic carbocycles. The summed E-state index contributed by atoms with van der Waals surface area (Å²) in [6.45, 7) is 3.35. The van der Waals surface area contributed by atoms with Crippen molar-refractivity contribution < 1.29 is 0 Å². The van der Waals surface area contributed by atoms with Gasteiger partial charge in [0.15, 0.2) is 5.56 Å². The molecule has 0 amide bonds. The minimum absolute atomic E-state index is 0.0214. The highest BCUT2D eigenvalue weighted by Gasteiger charge is 2.29. The average molecular weight is 342 g/mol. The van der Waals surface area contributed by atoms with Crippen molar-refractivity contribution in [3.8, 4) is 6.07 Å². The number of nitriles is 1. The van der Waals surface area contributed by atoms with Crippen LogP contribution in [0.1, 0.15) is 30.4 Å². The fourth-order valence-electron chi connectivity index (χ4n) is 3.52. The first-order valence-electron chi connectivity index (χ1n) is 8.40. The lowest BCUT2D eigenvalue weighted by atomic mass is 10.0. The summed E-state index contributed by atoms with van der Waals surface area (Å²) >= 11 is 0. The molecule has 1 aliphatic heterocycles. The Hall–Kier alpha value is -2.82. The number of piperidine rings is 1. The van der Waals surface area contributed by atoms with Crippen molar-refractivity contribution in [3.63, 3.8) is 0 Å². The molecule has 0 bridgehead atoms. The molecule has 1 saturated heterocycles. The van der Waals surface area contributed by atoms with Gasteiger partial charge in [-0.1, -0.05) is 0 Å². The highest BCUT2D eigenvalue weighted by Crippen LogP contribution is 2.26. The Morgan fingerprint density at radius 2 is 2.04 bits per heavy atom. The van der Waals surface area contributed by atoms with Gasteiger partial charge in [0.05, 0.1) is 12.7 Å². The van der Waals surface area contributed by atoms with Crippen LogP contribution in [0, 0.1) is 18.3 Å². The minimum Gasteiger partial charge on any atom is -0.352 e. The fourth-order valence-corrected chi connectivity index (χ4v) is 3.52. The van der Waals surface area contributed by atoms with Gasteiger partial charge in [0.2, 0.25) is 0 Å². The quantitative estimate of drug-likeness (QED) is 0.811. The first-order valence-corrected chi connectivity index (χ1v) is 8.40. The maximum Gasteiger partial charge on any atom is 0.332 e. The summed E-state index contributed by atoms with van der Waals surface area (Å²) in [6.07, 6.45) is 6.74. The molecule has 0 saturated carbocycles. The summed E-state index contributed by atoms with van der Waals surface area (Å²) < 4.78 is 4.27. The van der Waals surface area contributed by atoms with Gasteiger partial charge in [0, 0.05) is 32.9 Å². The van der Waals surface area contributed by atoms with E-state index in [2.05, 4.69) is 5.10 Å². The zero-order valence-corrected chi connectivity index (χ0v) is 14.8. The summed E-state index contributed by atoms with van der Waals surface area (Å²) in [7, 11) is 3.01. The first-order chi connectivity index (χ1) is 11.9. The number of nitrogens with zero attached hydrogens (tertiary/aromatic N) is 6. The molecular formula is C17H22N6O2. The summed E-state index contributed by atoms with van der Waals surface area (Å²) in [5.74, 6) is 0.421. The highest BCUT2D eigenvalue weighted by atomic mass is 16.2. The second-order valence-electron chi connectivity index (χ2n) is 6.60. The van der Waals surface area contributed by atoms with E-state index in [0.29, 0.717) is 18.9 Å². The van der Waals surface area contributed by atoms with E-state index in [1.54, 1.807) is 7.05 Å². The van der Waals surface area contributed by atoms with Gasteiger partial charge in [-0.2, -0.15) is 10.4 Å². The first kappa shape index (κ1) is 17.0. The maximum absolute atomic E-state index is 12.4. The summed E-state index contributed by atoms with van der Waals surface area (Å²) in [6, 6.07) is 2.08. The highest BCUT2D eigenvalue weighted by molar-refractivity contribution is 5.54. The number of aryl methyl sites for hydroxylation is 1. The van der Waals surface area contributed by atoms with Crippen molar-refractivity contribution in [3.05, 3.63) is 44.4 Å². The predicted molar refractivity (Wildman–Crippen MR) is 93.6 cm³/mol. The lowest BCUT2D eigenvalue weighted by molar-refractivity contribution is 0.391. The summed E-state index contributed by atoms with van der Waals surface area (Å²) in [5.41, 5.74) is 0.146. The van der Waals surface area contributed by atoms with Gasteiger partial charge in [0.25, 0.3) is 5.56 Å². The lowest BCUT2D eigenvalue weighted by Gasteiger charge is -2.38. The molecule has 1 fully saturated rings. The van der Waals surface area contributed by atoms with Crippen LogP contribution < -0.4 is 16.1 Å². The van der Waals surface area contributed by atoms with Gasteiger partial charge >= 0.3 is 5.69 Å². The molecule has 25 heavy (non-hydrogen) atoms. The fraction of sp³-hybridized carbons (Fsp3) is 0.529. The van der Waals surface area contributed by atoms with E-state index in [1.807, 2.05) is 35.0 Å². The minimum atomic E-state index is -0.542. The van der Waals surface area contributed by atoms with Crippen LogP contribution in [0.4, 0.5) is 5.82 Å². The van der Waals surface area contributed by atoms with Crippen LogP contribution in [-0.4, -0.2) is 31.5 Å². The van der Waals surface area contributed by atoms with E-state index in [0.717, 1.165) is 29.4 Å². The van der Waals surface area contributed by atoms with Gasteiger partial charge < -0.3 is 4.90 Å². The van der Waals surface area contributed by atoms with Crippen molar-refractivity contribution in [1.29, 1.82) is 5.26 Å². The van der Waals surface area contributed by atoms with E-state index in [4.69, 9.17) is 0 Å². The Morgan fingerprint density at radius 1 is 1.28 bits per heavy atom. The van der Waals surface area contributed by atoms with Crippen molar-refractivity contribution >= 4 is 5.82 Å². The van der Waals surface area contributed by atoms with Gasteiger partial charge in [-0.3, -0.25) is 18.6 Å². The van der Waals surface area contributed by atoms with E-state index in [1.165, 1.54) is 11.6 Å². The van der Waals surface area contributed by atoms with Crippen LogP contribution in [0.3, 0.4) is 0 Å². The van der Waals surface area contributed by atoms with Crippen molar-refractivity contribution in [2.24, 2.45) is 14.1 Å². The van der Waals surface area contributed by atoms with E-state index < -0.39 is 11.2 Å². The van der Waals surface area contributed by atoms with Crippen molar-refractivity contribution in [2.45, 2.75) is 38.8 Å². The molecule has 0 N–H and O–H groups in total. The standard InChI is InChI=1S/C17H22N6O2/c1-12-9-19-22(10-12)11-13-6-4-5-7-23(13)15-14(8-18)16(24)21(3)17(25)20(15)2/h9-10,13H,4-7,11H2,1-3H3/t13-/m0/s1. The molecule has 3 heterocycles. The van der Waals surface area contributed by atoms with Crippen LogP contribution >= 0.6 is 0 Å². The Bertz CT molecular complexity index is 946. The smallest absolute Gasteiger partial charge is 0.332 e. The van der Waals surface area contributed by atoms with Crippen LogP contribution in [0.5, 0.6) is 0 Å². The van der Waals surface area contributed by atoms with Gasteiger partial charge in [-0.15, -0.1) is 0 Å². The molecule has 0 spiro atoms. The zero-order chi connectivity index (χ0) is 18.1. The van der Waals surface area contributed by atoms with Crippen molar-refractivity contribution in [2.75, 3.05) is 11.4 Å². The summed E-state index contributed by atoms with van der Waals surface area (Å²) in [5, 5.41) is 13.9. The second-order valence-corrected chi connectivity index (χ2v) is 6.60. The second kappa shape index (κ2) is 6.59. The molecule has 0 aromatic carbocycles. The number of hydrogen-bond acceptors (Lipinski definition) is 5. The van der Waals surface area contributed by atoms with Gasteiger partial charge in [-0.05, 0) is 31.7 Å². The molecule has 3 rings (SSSR count). The molecule has 132 valence electrons.